The molecule has 0 fully saturated rings. The predicted molar refractivity (Wildman–Crippen MR) is 110 cm³/mol. The third-order valence-electron chi connectivity index (χ3n) is 4.15. The van der Waals surface area contributed by atoms with Gasteiger partial charge in [0.15, 0.2) is 0 Å². The van der Waals surface area contributed by atoms with Crippen LogP contribution in [0.25, 0.3) is 0 Å². The van der Waals surface area contributed by atoms with E-state index in [-0.39, 0.29) is 17.8 Å². The van der Waals surface area contributed by atoms with Gasteiger partial charge in [-0.1, -0.05) is 35.9 Å². The minimum Gasteiger partial charge on any atom is -0.346 e. The molecular formula is C22H19ClFNOS. The Morgan fingerprint density at radius 2 is 1.63 bits per heavy atom. The Morgan fingerprint density at radius 3 is 2.26 bits per heavy atom. The summed E-state index contributed by atoms with van der Waals surface area (Å²) >= 11 is 7.61. The molecule has 2 nitrogen and oxygen atoms in total. The zero-order valence-electron chi connectivity index (χ0n) is 14.8. The number of benzene rings is 3. The lowest BCUT2D eigenvalue weighted by atomic mass is 10.1. The van der Waals surface area contributed by atoms with Gasteiger partial charge in [-0.2, -0.15) is 0 Å². The first-order valence-electron chi connectivity index (χ1n) is 8.55. The van der Waals surface area contributed by atoms with E-state index in [1.807, 2.05) is 55.5 Å². The number of hydrogen-bond acceptors (Lipinski definition) is 2. The van der Waals surface area contributed by atoms with Crippen LogP contribution in [0.15, 0.2) is 77.7 Å². The first kappa shape index (κ1) is 19.5. The molecule has 0 aliphatic carbocycles. The smallest absolute Gasteiger partial charge is 0.251 e. The van der Waals surface area contributed by atoms with Crippen LogP contribution in [-0.4, -0.2) is 5.91 Å². The summed E-state index contributed by atoms with van der Waals surface area (Å²) in [7, 11) is 0. The van der Waals surface area contributed by atoms with E-state index in [9.17, 15) is 9.18 Å². The van der Waals surface area contributed by atoms with Crippen molar-refractivity contribution in [3.8, 4) is 0 Å². The van der Waals surface area contributed by atoms with Crippen LogP contribution in [0.1, 0.15) is 34.5 Å². The summed E-state index contributed by atoms with van der Waals surface area (Å²) in [6, 6.07) is 21.2. The van der Waals surface area contributed by atoms with E-state index in [1.54, 1.807) is 23.9 Å². The summed E-state index contributed by atoms with van der Waals surface area (Å²) in [6.07, 6.45) is 0. The third-order valence-corrected chi connectivity index (χ3v) is 5.49. The van der Waals surface area contributed by atoms with Gasteiger partial charge in [-0.15, -0.1) is 11.8 Å². The lowest BCUT2D eigenvalue weighted by molar-refractivity contribution is 0.0940. The van der Waals surface area contributed by atoms with E-state index in [0.29, 0.717) is 5.56 Å². The van der Waals surface area contributed by atoms with E-state index in [1.165, 1.54) is 12.1 Å². The molecule has 1 N–H and O–H groups in total. The van der Waals surface area contributed by atoms with Gasteiger partial charge in [0.1, 0.15) is 5.82 Å². The molecule has 27 heavy (non-hydrogen) atoms. The van der Waals surface area contributed by atoms with Gasteiger partial charge in [-0.25, -0.2) is 4.39 Å². The molecule has 5 heteroatoms. The number of amides is 1. The Morgan fingerprint density at radius 1 is 1.00 bits per heavy atom. The molecule has 0 heterocycles. The highest BCUT2D eigenvalue weighted by molar-refractivity contribution is 7.98. The van der Waals surface area contributed by atoms with Crippen LogP contribution in [0.3, 0.4) is 0 Å². The van der Waals surface area contributed by atoms with Crippen LogP contribution < -0.4 is 5.32 Å². The number of carbonyl (C=O) groups is 1. The second-order valence-electron chi connectivity index (χ2n) is 6.19. The highest BCUT2D eigenvalue weighted by atomic mass is 35.5. The van der Waals surface area contributed by atoms with Crippen molar-refractivity contribution in [1.82, 2.24) is 5.32 Å². The minimum absolute atomic E-state index is 0.149. The molecule has 1 atom stereocenters. The summed E-state index contributed by atoms with van der Waals surface area (Å²) in [4.78, 5) is 13.6. The molecule has 3 aromatic rings. The predicted octanol–water partition coefficient (Wildman–Crippen LogP) is 6.26. The summed E-state index contributed by atoms with van der Waals surface area (Å²) < 4.78 is 13.0. The Labute approximate surface area is 167 Å². The number of rotatable bonds is 6. The van der Waals surface area contributed by atoms with Crippen LogP contribution in [-0.2, 0) is 5.75 Å². The van der Waals surface area contributed by atoms with Crippen molar-refractivity contribution in [2.75, 3.05) is 0 Å². The van der Waals surface area contributed by atoms with E-state index in [2.05, 4.69) is 5.32 Å². The average molecular weight is 400 g/mol. The lowest BCUT2D eigenvalue weighted by Gasteiger charge is -2.14. The maximum absolute atomic E-state index is 13.0. The molecular weight excluding hydrogens is 381 g/mol. The van der Waals surface area contributed by atoms with Gasteiger partial charge in [0.05, 0.1) is 6.04 Å². The molecule has 0 aliphatic heterocycles. The molecule has 3 rings (SSSR count). The standard InChI is InChI=1S/C22H19ClFNOS/c1-15(17-6-10-20(24)11-7-17)25-22(26)18-4-2-16(3-5-18)14-27-21-12-8-19(23)9-13-21/h2-13,15H,14H2,1H3,(H,25,26). The SMILES string of the molecule is CC(NC(=O)c1ccc(CSc2ccc(Cl)cc2)cc1)c1ccc(F)cc1. The maximum atomic E-state index is 13.0. The van der Waals surface area contributed by atoms with E-state index in [4.69, 9.17) is 11.6 Å². The fourth-order valence-electron chi connectivity index (χ4n) is 2.56. The molecule has 0 saturated heterocycles. The summed E-state index contributed by atoms with van der Waals surface area (Å²) in [6.45, 7) is 1.88. The lowest BCUT2D eigenvalue weighted by Crippen LogP contribution is -2.26. The third kappa shape index (κ3) is 5.59. The van der Waals surface area contributed by atoms with Gasteiger partial charge >= 0.3 is 0 Å². The molecule has 0 radical (unpaired) electrons. The molecule has 138 valence electrons. The summed E-state index contributed by atoms with van der Waals surface area (Å²) in [5.74, 6) is 0.378. The van der Waals surface area contributed by atoms with Gasteiger partial charge < -0.3 is 5.32 Å². The van der Waals surface area contributed by atoms with Crippen LogP contribution in [0.4, 0.5) is 4.39 Å². The fraction of sp³-hybridized carbons (Fsp3) is 0.136. The minimum atomic E-state index is -0.288. The largest absolute Gasteiger partial charge is 0.346 e. The van der Waals surface area contributed by atoms with Crippen LogP contribution in [0.5, 0.6) is 0 Å². The highest BCUT2D eigenvalue weighted by Gasteiger charge is 2.11. The first-order valence-corrected chi connectivity index (χ1v) is 9.91. The van der Waals surface area contributed by atoms with Gasteiger partial charge in [-0.05, 0) is 66.6 Å². The number of carbonyl (C=O) groups excluding carboxylic acids is 1. The van der Waals surface area contributed by atoms with Crippen molar-refractivity contribution in [3.05, 3.63) is 100 Å². The second-order valence-corrected chi connectivity index (χ2v) is 7.67. The van der Waals surface area contributed by atoms with Crippen molar-refractivity contribution in [2.45, 2.75) is 23.6 Å². The Hall–Kier alpha value is -2.30. The highest BCUT2D eigenvalue weighted by Crippen LogP contribution is 2.24. The quantitative estimate of drug-likeness (QED) is 0.495. The van der Waals surface area contributed by atoms with Crippen molar-refractivity contribution in [1.29, 1.82) is 0 Å². The van der Waals surface area contributed by atoms with Crippen LogP contribution >= 0.6 is 23.4 Å². The second kappa shape index (κ2) is 9.07. The number of halogens is 2. The van der Waals surface area contributed by atoms with Crippen molar-refractivity contribution < 1.29 is 9.18 Å². The number of nitrogens with one attached hydrogen (secondary N) is 1. The molecule has 3 aromatic carbocycles. The molecule has 0 saturated carbocycles. The topological polar surface area (TPSA) is 29.1 Å². The van der Waals surface area contributed by atoms with Crippen LogP contribution in [0, 0.1) is 5.82 Å². The molecule has 1 amide bonds. The van der Waals surface area contributed by atoms with Crippen molar-refractivity contribution in [3.63, 3.8) is 0 Å². The van der Waals surface area contributed by atoms with Gasteiger partial charge in [0, 0.05) is 21.2 Å². The van der Waals surface area contributed by atoms with Gasteiger partial charge in [-0.3, -0.25) is 4.79 Å². The summed E-state index contributed by atoms with van der Waals surface area (Å²) in [5, 5.41) is 3.66. The fourth-order valence-corrected chi connectivity index (χ4v) is 3.54. The normalized spacial score (nSPS) is 11.8. The van der Waals surface area contributed by atoms with Gasteiger partial charge in [0.2, 0.25) is 0 Å². The van der Waals surface area contributed by atoms with E-state index >= 15 is 0 Å². The molecule has 0 aromatic heterocycles. The van der Waals surface area contributed by atoms with E-state index in [0.717, 1.165) is 26.8 Å². The zero-order valence-corrected chi connectivity index (χ0v) is 16.4. The summed E-state index contributed by atoms with van der Waals surface area (Å²) in [5.41, 5.74) is 2.60. The van der Waals surface area contributed by atoms with Crippen molar-refractivity contribution >= 4 is 29.3 Å². The molecule has 0 bridgehead atoms. The Bertz CT molecular complexity index is 895. The maximum Gasteiger partial charge on any atom is 0.251 e. The first-order chi connectivity index (χ1) is 13.0. The average Bonchev–Trinajstić information content (AvgIpc) is 2.68. The Kier molecular flexibility index (Phi) is 6.54. The number of thioether (sulfide) groups is 1. The van der Waals surface area contributed by atoms with E-state index < -0.39 is 0 Å². The Balaban J connectivity index is 1.56. The molecule has 1 unspecified atom stereocenters. The molecule has 0 spiro atoms. The number of hydrogen-bond donors (Lipinski definition) is 1. The van der Waals surface area contributed by atoms with Crippen LogP contribution in [0.2, 0.25) is 5.02 Å². The van der Waals surface area contributed by atoms with Gasteiger partial charge in [0.25, 0.3) is 5.91 Å². The molecule has 0 aliphatic rings. The zero-order chi connectivity index (χ0) is 19.2. The van der Waals surface area contributed by atoms with Crippen molar-refractivity contribution in [2.24, 2.45) is 0 Å². The monoisotopic (exact) mass is 399 g/mol.